The van der Waals surface area contributed by atoms with Crippen LogP contribution >= 0.6 is 0 Å². The first-order valence-corrected chi connectivity index (χ1v) is 24.1. The van der Waals surface area contributed by atoms with E-state index in [2.05, 4.69) is 13.8 Å². The van der Waals surface area contributed by atoms with Gasteiger partial charge in [-0.25, -0.2) is 19.6 Å². The maximum atomic E-state index is 12.0. The zero-order valence-electron chi connectivity index (χ0n) is 40.0. The molecule has 0 aromatic heterocycles. The van der Waals surface area contributed by atoms with E-state index in [-0.39, 0.29) is 94.3 Å². The summed E-state index contributed by atoms with van der Waals surface area (Å²) in [6.07, 6.45) is 7.76. The summed E-state index contributed by atoms with van der Waals surface area (Å²) in [4.78, 5) is 86.6. The van der Waals surface area contributed by atoms with Crippen molar-refractivity contribution in [3.63, 3.8) is 0 Å². The molecule has 8 heterocycles. The topological polar surface area (TPSA) is 339 Å². The predicted molar refractivity (Wildman–Crippen MR) is 219 cm³/mol. The Labute approximate surface area is 415 Å². The third-order valence-corrected chi connectivity index (χ3v) is 15.8. The summed E-state index contributed by atoms with van der Waals surface area (Å²) in [7, 11) is 0. The average Bonchev–Trinajstić information content (AvgIpc) is 3.66. The van der Waals surface area contributed by atoms with Crippen LogP contribution in [0.3, 0.4) is 0 Å². The van der Waals surface area contributed by atoms with Gasteiger partial charge in [0.05, 0.1) is 24.8 Å². The van der Waals surface area contributed by atoms with Gasteiger partial charge in [-0.1, -0.05) is 40.5 Å². The van der Waals surface area contributed by atoms with Gasteiger partial charge in [0, 0.05) is 60.5 Å². The molecule has 11 rings (SSSR count). The summed E-state index contributed by atoms with van der Waals surface area (Å²) >= 11 is 0. The van der Waals surface area contributed by atoms with Crippen molar-refractivity contribution in [3.8, 4) is 0 Å². The summed E-state index contributed by atoms with van der Waals surface area (Å²) in [5, 5.41) is 39.0. The zero-order chi connectivity index (χ0) is 49.9. The second-order valence-corrected chi connectivity index (χ2v) is 20.5. The average molecular weight is 1160 g/mol. The molecule has 11 aliphatic rings. The van der Waals surface area contributed by atoms with E-state index in [4.69, 9.17) is 79.2 Å². The summed E-state index contributed by atoms with van der Waals surface area (Å²) in [5.41, 5.74) is 9.89. The largest absolute Gasteiger partial charge is 4.00 e. The number of fused-ring (bicyclic) bond motifs is 4. The van der Waals surface area contributed by atoms with E-state index in [1.54, 1.807) is 0 Å². The summed E-state index contributed by atoms with van der Waals surface area (Å²) < 4.78 is 35.5. The number of esters is 2. The van der Waals surface area contributed by atoms with E-state index in [9.17, 15) is 29.4 Å². The van der Waals surface area contributed by atoms with Gasteiger partial charge in [-0.05, 0) is 102 Å². The molecule has 4 N–H and O–H groups in total. The standard InChI is InChI=1S/2C19H28O8.C6H14N2.C2H2O4.Pt/c2*1-10-4-5-13-11(2)16(23-15(22)7-6-14(20)21)24-17-19(13)12(10)8-9-18(3,25-17)26-27-19;7-5-3-1-2-4-6(5)8;3-1(4)2(5)6;/h2*10-13,16-17H,4-9H2,1-3H3,(H,20,21);5-6H,1-4,7-8H2;(H,3,4)(H,5,6);/q;;;;+4/p-4/t2*10-,11-,12+,13+,16-,17-,18-,19-;;;/m11.../s1. The second kappa shape index (κ2) is 23.3. The number of carbonyl (C=O) groups excluding carboxylic acids is 6. The molecule has 8 saturated heterocycles. The van der Waals surface area contributed by atoms with Gasteiger partial charge < -0.3 is 79.5 Å². The molecule has 18 atom stereocenters. The predicted octanol–water partition coefficient (Wildman–Crippen LogP) is -0.766. The number of nitrogens with two attached hydrogens (primary N) is 2. The molecule has 3 aliphatic carbocycles. The van der Waals surface area contributed by atoms with E-state index < -0.39 is 83.8 Å². The number of ether oxygens (including phenoxy) is 6. The van der Waals surface area contributed by atoms with Crippen molar-refractivity contribution < 1.29 is 118 Å². The molecule has 3 saturated carbocycles. The first-order chi connectivity index (χ1) is 31.9. The van der Waals surface area contributed by atoms with E-state index in [1.165, 1.54) is 12.8 Å². The van der Waals surface area contributed by atoms with Gasteiger partial charge in [0.15, 0.2) is 23.8 Å². The van der Waals surface area contributed by atoms with Crippen LogP contribution < -0.4 is 31.9 Å². The molecule has 11 fully saturated rings. The summed E-state index contributed by atoms with van der Waals surface area (Å²) in [6, 6.07) is 0.562. The fourth-order valence-electron chi connectivity index (χ4n) is 12.0. The fourth-order valence-corrected chi connectivity index (χ4v) is 12.0. The SMILES string of the molecule is C[C@H]1[C@H](OC(=O)CCC(=O)[O-])O[C@@H]2O[C@@]3(C)CC[C@H]4[C@H](C)CC[C@@H]1[C@@]24OO3.C[C@H]1[C@H](OC(=O)CCC(=O)[O-])O[C@@H]2O[C@@]3(C)CC[C@H]4[C@H](C)CC[C@@H]1[C@@]24OO3.NC1CCCCC1N.O=C([O-])C(=O)[O-].[Pt+4]. The summed E-state index contributed by atoms with van der Waals surface area (Å²) in [6.45, 7) is 12.1. The van der Waals surface area contributed by atoms with Crippen molar-refractivity contribution in [2.45, 2.75) is 204 Å². The van der Waals surface area contributed by atoms with Gasteiger partial charge in [-0.3, -0.25) is 9.59 Å². The van der Waals surface area contributed by atoms with Gasteiger partial charge in [-0.2, -0.15) is 0 Å². The van der Waals surface area contributed by atoms with Crippen LogP contribution in [-0.4, -0.2) is 95.8 Å². The van der Waals surface area contributed by atoms with Gasteiger partial charge in [-0.15, -0.1) is 0 Å². The molecule has 69 heavy (non-hydrogen) atoms. The van der Waals surface area contributed by atoms with Crippen LogP contribution in [0.1, 0.15) is 144 Å². The number of carboxylic acid groups (broad SMARTS) is 4. The molecule has 4 bridgehead atoms. The van der Waals surface area contributed by atoms with E-state index in [1.807, 2.05) is 27.7 Å². The molecule has 2 spiro atoms. The van der Waals surface area contributed by atoms with Crippen LogP contribution in [-0.2, 0) is 97.8 Å². The molecule has 0 aromatic rings. The smallest absolute Gasteiger partial charge is 0.550 e. The molecular weight excluding hydrogens is 1100 g/mol. The van der Waals surface area contributed by atoms with Crippen LogP contribution in [0.15, 0.2) is 0 Å². The van der Waals surface area contributed by atoms with Crippen LogP contribution in [0.25, 0.3) is 0 Å². The third-order valence-electron chi connectivity index (χ3n) is 15.8. The van der Waals surface area contributed by atoms with Crippen molar-refractivity contribution in [1.29, 1.82) is 0 Å². The van der Waals surface area contributed by atoms with Crippen molar-refractivity contribution in [1.82, 2.24) is 0 Å². The molecule has 392 valence electrons. The van der Waals surface area contributed by atoms with Crippen LogP contribution in [0.5, 0.6) is 0 Å². The molecule has 0 aromatic carbocycles. The van der Waals surface area contributed by atoms with Gasteiger partial charge >= 0.3 is 33.0 Å². The number of carboxylic acids is 4. The monoisotopic (exact) mass is 1160 g/mol. The Morgan fingerprint density at radius 2 is 0.884 bits per heavy atom. The molecule has 0 amide bonds. The van der Waals surface area contributed by atoms with Crippen LogP contribution in [0.4, 0.5) is 0 Å². The fraction of sp³-hybridized carbons (Fsp3) is 0.870. The Kier molecular flexibility index (Phi) is 19.3. The minimum Gasteiger partial charge on any atom is -0.550 e. The Morgan fingerprint density at radius 1 is 0.522 bits per heavy atom. The maximum Gasteiger partial charge on any atom is 4.00 e. The zero-order valence-corrected chi connectivity index (χ0v) is 42.3. The Balaban J connectivity index is 0.000000199. The maximum absolute atomic E-state index is 12.0. The first-order valence-electron chi connectivity index (χ1n) is 24.1. The normalized spacial score (nSPS) is 43.1. The van der Waals surface area contributed by atoms with Gasteiger partial charge in [0.25, 0.3) is 0 Å². The number of carbonyl (C=O) groups is 6. The quantitative estimate of drug-likeness (QED) is 0.171. The molecule has 2 unspecified atom stereocenters. The molecule has 23 heteroatoms. The third kappa shape index (κ3) is 12.5. The van der Waals surface area contributed by atoms with E-state index >= 15 is 0 Å². The van der Waals surface area contributed by atoms with E-state index in [0.29, 0.717) is 24.7 Å². The Morgan fingerprint density at radius 3 is 1.20 bits per heavy atom. The molecule has 0 radical (unpaired) electrons. The second-order valence-electron chi connectivity index (χ2n) is 20.5. The Hall–Kier alpha value is -2.89. The number of hydrogen-bond donors (Lipinski definition) is 2. The number of aliphatic carboxylic acids is 4. The Bertz CT molecular complexity index is 1720. The molecule has 22 nitrogen and oxygen atoms in total. The minimum atomic E-state index is -2.19. The molecular formula is C46H68N2O20Pt. The molecule has 8 aliphatic heterocycles. The van der Waals surface area contributed by atoms with E-state index in [0.717, 1.165) is 51.4 Å². The van der Waals surface area contributed by atoms with Gasteiger partial charge in [0.1, 0.15) is 0 Å². The van der Waals surface area contributed by atoms with Crippen molar-refractivity contribution in [2.75, 3.05) is 0 Å². The first kappa shape index (κ1) is 57.0. The number of hydrogen-bond acceptors (Lipinski definition) is 22. The minimum absolute atomic E-state index is 0. The number of rotatable bonds is 8. The van der Waals surface area contributed by atoms with Crippen molar-refractivity contribution in [3.05, 3.63) is 0 Å². The summed E-state index contributed by atoms with van der Waals surface area (Å²) in [5.74, 6) is -8.70. The van der Waals surface area contributed by atoms with Crippen molar-refractivity contribution in [2.24, 2.45) is 58.8 Å². The van der Waals surface area contributed by atoms with Crippen LogP contribution in [0.2, 0.25) is 0 Å². The van der Waals surface area contributed by atoms with Crippen molar-refractivity contribution >= 4 is 35.8 Å². The van der Waals surface area contributed by atoms with Gasteiger partial charge in [0.2, 0.25) is 24.2 Å². The van der Waals surface area contributed by atoms with Crippen LogP contribution in [0, 0.1) is 47.3 Å².